The maximum Gasteiger partial charge on any atom is 0.376 e. The Morgan fingerprint density at radius 2 is 2.33 bits per heavy atom. The molecule has 0 spiro atoms. The van der Waals surface area contributed by atoms with Crippen molar-refractivity contribution in [1.29, 1.82) is 0 Å². The van der Waals surface area contributed by atoms with Crippen LogP contribution < -0.4 is 0 Å². The topological polar surface area (TPSA) is 65.5 Å². The molecule has 2 aromatic rings. The van der Waals surface area contributed by atoms with Crippen molar-refractivity contribution in [1.82, 2.24) is 4.98 Å². The van der Waals surface area contributed by atoms with Crippen molar-refractivity contribution in [2.24, 2.45) is 0 Å². The highest BCUT2D eigenvalue weighted by Crippen LogP contribution is 2.30. The Morgan fingerprint density at radius 3 is 2.89 bits per heavy atom. The Bertz CT molecular complexity index is 558. The van der Waals surface area contributed by atoms with E-state index in [9.17, 15) is 4.79 Å². The normalized spacial score (nSPS) is 10.6. The first-order valence-electron chi connectivity index (χ1n) is 5.48. The van der Waals surface area contributed by atoms with E-state index < -0.39 is 5.97 Å². The number of carbonyl (C=O) groups excluding carboxylic acids is 1. The smallest absolute Gasteiger partial charge is 0.376 e. The average Bonchev–Trinajstić information content (AvgIpc) is 2.95. The van der Waals surface area contributed by atoms with Crippen LogP contribution in [0.25, 0.3) is 11.5 Å². The summed E-state index contributed by atoms with van der Waals surface area (Å²) >= 11 is 3.25. The third-order valence-electron chi connectivity index (χ3n) is 2.40. The molecular formula is C12H12BrNO4. The van der Waals surface area contributed by atoms with Crippen molar-refractivity contribution in [3.63, 3.8) is 0 Å². The quantitative estimate of drug-likeness (QED) is 0.809. The molecule has 0 saturated heterocycles. The molecule has 5 nitrogen and oxygen atoms in total. The van der Waals surface area contributed by atoms with Gasteiger partial charge in [0.15, 0.2) is 4.67 Å². The van der Waals surface area contributed by atoms with Gasteiger partial charge in [-0.05, 0) is 28.4 Å². The van der Waals surface area contributed by atoms with E-state index in [1.165, 1.54) is 13.4 Å². The van der Waals surface area contributed by atoms with E-state index in [0.29, 0.717) is 28.2 Å². The highest BCUT2D eigenvalue weighted by atomic mass is 79.9. The number of halogens is 1. The molecule has 2 heterocycles. The van der Waals surface area contributed by atoms with E-state index >= 15 is 0 Å². The summed E-state index contributed by atoms with van der Waals surface area (Å²) in [5, 5.41) is 0. The van der Waals surface area contributed by atoms with Gasteiger partial charge in [-0.1, -0.05) is 13.3 Å². The van der Waals surface area contributed by atoms with Crippen LogP contribution in [0.3, 0.4) is 0 Å². The number of methoxy groups -OCH3 is 1. The van der Waals surface area contributed by atoms with E-state index in [-0.39, 0.29) is 5.76 Å². The van der Waals surface area contributed by atoms with Gasteiger partial charge in [-0.3, -0.25) is 0 Å². The van der Waals surface area contributed by atoms with E-state index in [1.807, 2.05) is 6.92 Å². The minimum Gasteiger partial charge on any atom is -0.463 e. The number of nitrogens with zero attached hydrogens (tertiary/aromatic N) is 1. The maximum atomic E-state index is 11.6. The number of rotatable bonds is 4. The van der Waals surface area contributed by atoms with Gasteiger partial charge in [-0.15, -0.1) is 0 Å². The highest BCUT2D eigenvalue weighted by Gasteiger charge is 2.22. The molecule has 0 N–H and O–H groups in total. The minimum absolute atomic E-state index is 0.155. The first-order valence-corrected chi connectivity index (χ1v) is 6.28. The second kappa shape index (κ2) is 5.39. The van der Waals surface area contributed by atoms with Crippen LogP contribution in [-0.4, -0.2) is 18.1 Å². The molecule has 0 aliphatic rings. The van der Waals surface area contributed by atoms with Gasteiger partial charge >= 0.3 is 5.97 Å². The highest BCUT2D eigenvalue weighted by molar-refractivity contribution is 9.10. The van der Waals surface area contributed by atoms with Crippen LogP contribution >= 0.6 is 15.9 Å². The van der Waals surface area contributed by atoms with Gasteiger partial charge in [0.05, 0.1) is 24.6 Å². The number of ether oxygens (including phenoxy) is 1. The molecule has 0 atom stereocenters. The maximum absolute atomic E-state index is 11.6. The minimum atomic E-state index is -0.517. The largest absolute Gasteiger partial charge is 0.463 e. The van der Waals surface area contributed by atoms with Crippen LogP contribution in [0.15, 0.2) is 25.8 Å². The molecule has 0 radical (unpaired) electrons. The summed E-state index contributed by atoms with van der Waals surface area (Å²) in [6, 6.07) is 1.71. The molecule has 0 bridgehead atoms. The van der Waals surface area contributed by atoms with Crippen LogP contribution in [0.1, 0.15) is 29.6 Å². The first kappa shape index (κ1) is 12.9. The van der Waals surface area contributed by atoms with Crippen molar-refractivity contribution in [2.45, 2.75) is 19.8 Å². The van der Waals surface area contributed by atoms with Crippen molar-refractivity contribution in [2.75, 3.05) is 7.11 Å². The molecule has 6 heteroatoms. The Kier molecular flexibility index (Phi) is 3.86. The average molecular weight is 314 g/mol. The van der Waals surface area contributed by atoms with Gasteiger partial charge in [0.2, 0.25) is 11.7 Å². The van der Waals surface area contributed by atoms with E-state index in [0.717, 1.165) is 6.42 Å². The van der Waals surface area contributed by atoms with Crippen molar-refractivity contribution in [3.8, 4) is 11.5 Å². The van der Waals surface area contributed by atoms with Gasteiger partial charge in [0.1, 0.15) is 0 Å². The lowest BCUT2D eigenvalue weighted by atomic mass is 10.2. The molecular weight excluding hydrogens is 302 g/mol. The van der Waals surface area contributed by atoms with Gasteiger partial charge in [0, 0.05) is 0 Å². The van der Waals surface area contributed by atoms with Crippen molar-refractivity contribution in [3.05, 3.63) is 28.5 Å². The lowest BCUT2D eigenvalue weighted by Crippen LogP contribution is -2.03. The fourth-order valence-electron chi connectivity index (χ4n) is 1.57. The zero-order valence-corrected chi connectivity index (χ0v) is 11.6. The summed E-state index contributed by atoms with van der Waals surface area (Å²) in [4.78, 5) is 15.9. The summed E-state index contributed by atoms with van der Waals surface area (Å²) in [6.07, 6.45) is 3.03. The molecule has 0 aromatic carbocycles. The van der Waals surface area contributed by atoms with Gasteiger partial charge in [-0.2, -0.15) is 0 Å². The molecule has 18 heavy (non-hydrogen) atoms. The third kappa shape index (κ3) is 2.33. The second-order valence-corrected chi connectivity index (χ2v) is 4.36. The van der Waals surface area contributed by atoms with Crippen LogP contribution in [0.2, 0.25) is 0 Å². The fraction of sp³-hybridized carbons (Fsp3) is 0.333. The summed E-state index contributed by atoms with van der Waals surface area (Å²) in [5.41, 5.74) is 1.27. The molecule has 0 aliphatic carbocycles. The monoisotopic (exact) mass is 313 g/mol. The molecule has 0 unspecified atom stereocenters. The Hall–Kier alpha value is -1.56. The Labute approximate surface area is 112 Å². The number of furan rings is 1. The van der Waals surface area contributed by atoms with Crippen LogP contribution in [0.5, 0.6) is 0 Å². The number of hydrogen-bond acceptors (Lipinski definition) is 5. The predicted octanol–water partition coefficient (Wildman–Crippen LogP) is 3.44. The molecule has 0 aliphatic heterocycles. The number of esters is 1. The number of hydrogen-bond donors (Lipinski definition) is 0. The van der Waals surface area contributed by atoms with Crippen LogP contribution in [0.4, 0.5) is 0 Å². The van der Waals surface area contributed by atoms with Crippen LogP contribution in [-0.2, 0) is 11.2 Å². The molecule has 2 rings (SSSR count). The standard InChI is InChI=1S/C12H12BrNO4/c1-3-4-8-9(12(15)16-2)18-11(14-8)7-5-6-17-10(7)13/h5-6H,3-4H2,1-2H3. The molecule has 0 amide bonds. The predicted molar refractivity (Wildman–Crippen MR) is 67.2 cm³/mol. The summed E-state index contributed by atoms with van der Waals surface area (Å²) < 4.78 is 15.8. The van der Waals surface area contributed by atoms with Gasteiger partial charge in [-0.25, -0.2) is 9.78 Å². The number of aromatic nitrogens is 1. The fourth-order valence-corrected chi connectivity index (χ4v) is 1.98. The number of aryl methyl sites for hydroxylation is 1. The van der Waals surface area contributed by atoms with E-state index in [2.05, 4.69) is 25.7 Å². The molecule has 96 valence electrons. The van der Waals surface area contributed by atoms with E-state index in [4.69, 9.17) is 8.83 Å². The van der Waals surface area contributed by atoms with E-state index in [1.54, 1.807) is 6.07 Å². The Balaban J connectivity index is 2.45. The van der Waals surface area contributed by atoms with Crippen molar-refractivity contribution >= 4 is 21.9 Å². The summed E-state index contributed by atoms with van der Waals surface area (Å²) in [7, 11) is 1.31. The Morgan fingerprint density at radius 1 is 1.56 bits per heavy atom. The van der Waals surface area contributed by atoms with Crippen LogP contribution in [0, 0.1) is 0 Å². The molecule has 0 saturated carbocycles. The molecule has 2 aromatic heterocycles. The molecule has 0 fully saturated rings. The van der Waals surface area contributed by atoms with Gasteiger partial charge < -0.3 is 13.6 Å². The second-order valence-electron chi connectivity index (χ2n) is 3.64. The third-order valence-corrected chi connectivity index (χ3v) is 3.02. The first-order chi connectivity index (χ1) is 8.67. The SMILES string of the molecule is CCCc1nc(-c2ccoc2Br)oc1C(=O)OC. The lowest BCUT2D eigenvalue weighted by molar-refractivity contribution is 0.0564. The number of oxazole rings is 1. The zero-order valence-electron chi connectivity index (χ0n) is 10.0. The number of carbonyl (C=O) groups is 1. The zero-order chi connectivity index (χ0) is 13.1. The van der Waals surface area contributed by atoms with Crippen molar-refractivity contribution < 1.29 is 18.4 Å². The summed E-state index contributed by atoms with van der Waals surface area (Å²) in [6.45, 7) is 2.00. The lowest BCUT2D eigenvalue weighted by Gasteiger charge is -1.96. The summed E-state index contributed by atoms with van der Waals surface area (Å²) in [5.74, 6) is -0.0151. The van der Waals surface area contributed by atoms with Gasteiger partial charge in [0.25, 0.3) is 0 Å².